The zero-order valence-electron chi connectivity index (χ0n) is 11.3. The maximum Gasteiger partial charge on any atom is 0.231 e. The average Bonchev–Trinajstić information content (AvgIpc) is 3.05. The highest BCUT2D eigenvalue weighted by Gasteiger charge is 2.36. The molecule has 2 atom stereocenters. The van der Waals surface area contributed by atoms with Crippen LogP contribution in [0, 0.1) is 5.92 Å². The van der Waals surface area contributed by atoms with Gasteiger partial charge >= 0.3 is 0 Å². The van der Waals surface area contributed by atoms with Gasteiger partial charge in [-0.1, -0.05) is 11.6 Å². The molecule has 2 unspecified atom stereocenters. The SMILES string of the molecule is CN1CC(CN)CC1c1c(Cl)cc(C=O)c2c1OCO2. The minimum atomic E-state index is 0.125. The highest BCUT2D eigenvalue weighted by molar-refractivity contribution is 6.32. The van der Waals surface area contributed by atoms with Crippen LogP contribution in [0.1, 0.15) is 28.4 Å². The Morgan fingerprint density at radius 2 is 2.25 bits per heavy atom. The van der Waals surface area contributed by atoms with Crippen molar-refractivity contribution in [1.82, 2.24) is 4.90 Å². The first-order valence-corrected chi connectivity index (χ1v) is 7.01. The van der Waals surface area contributed by atoms with E-state index in [-0.39, 0.29) is 12.8 Å². The van der Waals surface area contributed by atoms with Crippen LogP contribution in [0.3, 0.4) is 0 Å². The zero-order valence-corrected chi connectivity index (χ0v) is 12.0. The van der Waals surface area contributed by atoms with E-state index in [1.165, 1.54) is 0 Å². The van der Waals surface area contributed by atoms with Crippen molar-refractivity contribution in [2.45, 2.75) is 12.5 Å². The van der Waals surface area contributed by atoms with Crippen LogP contribution in [0.25, 0.3) is 0 Å². The molecule has 0 spiro atoms. The van der Waals surface area contributed by atoms with Crippen LogP contribution in [0.5, 0.6) is 11.5 Å². The van der Waals surface area contributed by atoms with Gasteiger partial charge in [-0.05, 0) is 32.0 Å². The van der Waals surface area contributed by atoms with E-state index in [4.69, 9.17) is 26.8 Å². The number of likely N-dealkylation sites (tertiary alicyclic amines) is 1. The lowest BCUT2D eigenvalue weighted by Crippen LogP contribution is -2.21. The Hall–Kier alpha value is -1.30. The zero-order chi connectivity index (χ0) is 14.3. The third kappa shape index (κ3) is 2.06. The van der Waals surface area contributed by atoms with Crippen molar-refractivity contribution in [3.05, 3.63) is 22.2 Å². The van der Waals surface area contributed by atoms with Crippen LogP contribution >= 0.6 is 11.6 Å². The molecule has 3 rings (SSSR count). The molecule has 0 radical (unpaired) electrons. The third-order valence-electron chi connectivity index (χ3n) is 4.09. The lowest BCUT2D eigenvalue weighted by Gasteiger charge is -2.22. The van der Waals surface area contributed by atoms with Gasteiger partial charge in [0.2, 0.25) is 6.79 Å². The lowest BCUT2D eigenvalue weighted by atomic mass is 9.97. The molecule has 2 aliphatic heterocycles. The van der Waals surface area contributed by atoms with Crippen molar-refractivity contribution in [3.8, 4) is 11.5 Å². The number of benzene rings is 1. The Morgan fingerprint density at radius 3 is 2.90 bits per heavy atom. The minimum absolute atomic E-state index is 0.125. The number of halogens is 1. The van der Waals surface area contributed by atoms with Gasteiger partial charge in [-0.25, -0.2) is 0 Å². The Morgan fingerprint density at radius 1 is 1.50 bits per heavy atom. The maximum atomic E-state index is 11.1. The Bertz CT molecular complexity index is 550. The largest absolute Gasteiger partial charge is 0.453 e. The standard InChI is InChI=1S/C14H17ClN2O3/c1-17-5-8(4-16)2-11(17)12-10(15)3-9(6-18)13-14(12)20-7-19-13/h3,6,8,11H,2,4-5,7,16H2,1H3. The number of carbonyl (C=O) groups excluding carboxylic acids is 1. The van der Waals surface area contributed by atoms with E-state index in [1.807, 2.05) is 7.05 Å². The smallest absolute Gasteiger partial charge is 0.231 e. The number of fused-ring (bicyclic) bond motifs is 1. The summed E-state index contributed by atoms with van der Waals surface area (Å²) in [4.78, 5) is 13.3. The number of hydrogen-bond acceptors (Lipinski definition) is 5. The molecule has 1 aromatic carbocycles. The first-order chi connectivity index (χ1) is 9.65. The highest BCUT2D eigenvalue weighted by atomic mass is 35.5. The van der Waals surface area contributed by atoms with Crippen LogP contribution in [0.2, 0.25) is 5.02 Å². The first-order valence-electron chi connectivity index (χ1n) is 6.63. The number of carbonyl (C=O) groups is 1. The summed E-state index contributed by atoms with van der Waals surface area (Å²) < 4.78 is 11.0. The van der Waals surface area contributed by atoms with Gasteiger partial charge in [-0.2, -0.15) is 0 Å². The van der Waals surface area contributed by atoms with E-state index in [0.717, 1.165) is 24.8 Å². The summed E-state index contributed by atoms with van der Waals surface area (Å²) in [6.45, 7) is 1.72. The summed E-state index contributed by atoms with van der Waals surface area (Å²) in [5.74, 6) is 1.56. The lowest BCUT2D eigenvalue weighted by molar-refractivity contribution is 0.111. The Labute approximate surface area is 122 Å². The fourth-order valence-electron chi connectivity index (χ4n) is 3.09. The number of aldehydes is 1. The Balaban J connectivity index is 2.06. The number of hydrogen-bond donors (Lipinski definition) is 1. The van der Waals surface area contributed by atoms with Crippen molar-refractivity contribution in [2.24, 2.45) is 11.7 Å². The molecular weight excluding hydrogens is 280 g/mol. The molecule has 0 bridgehead atoms. The summed E-state index contributed by atoms with van der Waals surface area (Å²) in [5, 5.41) is 0.547. The molecule has 0 aromatic heterocycles. The quantitative estimate of drug-likeness (QED) is 0.862. The molecule has 2 aliphatic rings. The van der Waals surface area contributed by atoms with Gasteiger partial charge in [0, 0.05) is 18.2 Å². The predicted octanol–water partition coefficient (Wildman–Crippen LogP) is 1.83. The fourth-order valence-corrected chi connectivity index (χ4v) is 3.42. The van der Waals surface area contributed by atoms with Gasteiger partial charge < -0.3 is 15.2 Å². The van der Waals surface area contributed by atoms with Gasteiger partial charge in [0.25, 0.3) is 0 Å². The van der Waals surface area contributed by atoms with Gasteiger partial charge in [-0.3, -0.25) is 9.69 Å². The van der Waals surface area contributed by atoms with Crippen molar-refractivity contribution in [1.29, 1.82) is 0 Å². The first kappa shape index (κ1) is 13.7. The van der Waals surface area contributed by atoms with Crippen molar-refractivity contribution < 1.29 is 14.3 Å². The molecule has 5 nitrogen and oxygen atoms in total. The number of rotatable bonds is 3. The molecule has 108 valence electrons. The summed E-state index contributed by atoms with van der Waals surface area (Å²) in [6, 6.07) is 1.80. The number of ether oxygens (including phenoxy) is 2. The molecule has 2 heterocycles. The predicted molar refractivity (Wildman–Crippen MR) is 75.5 cm³/mol. The van der Waals surface area contributed by atoms with Gasteiger partial charge in [-0.15, -0.1) is 0 Å². The van der Waals surface area contributed by atoms with Gasteiger partial charge in [0.05, 0.1) is 10.6 Å². The normalized spacial score (nSPS) is 25.1. The van der Waals surface area contributed by atoms with Crippen LogP contribution in [-0.4, -0.2) is 38.1 Å². The number of nitrogens with zero attached hydrogens (tertiary/aromatic N) is 1. The van der Waals surface area contributed by atoms with E-state index in [1.54, 1.807) is 6.07 Å². The van der Waals surface area contributed by atoms with Crippen molar-refractivity contribution in [3.63, 3.8) is 0 Å². The second-order valence-corrected chi connectivity index (χ2v) is 5.74. The van der Waals surface area contributed by atoms with Crippen molar-refractivity contribution >= 4 is 17.9 Å². The van der Waals surface area contributed by atoms with E-state index in [0.29, 0.717) is 34.5 Å². The van der Waals surface area contributed by atoms with Crippen molar-refractivity contribution in [2.75, 3.05) is 26.9 Å². The van der Waals surface area contributed by atoms with E-state index in [9.17, 15) is 4.79 Å². The topological polar surface area (TPSA) is 64.8 Å². The van der Waals surface area contributed by atoms with E-state index in [2.05, 4.69) is 4.90 Å². The summed E-state index contributed by atoms with van der Waals surface area (Å²) in [5.41, 5.74) is 7.11. The van der Waals surface area contributed by atoms with Crippen LogP contribution in [0.4, 0.5) is 0 Å². The van der Waals surface area contributed by atoms with Crippen LogP contribution in [0.15, 0.2) is 6.07 Å². The summed E-state index contributed by atoms with van der Waals surface area (Å²) >= 11 is 6.38. The molecule has 0 aliphatic carbocycles. The van der Waals surface area contributed by atoms with Crippen LogP contribution in [-0.2, 0) is 0 Å². The molecular formula is C14H17ClN2O3. The fraction of sp³-hybridized carbons (Fsp3) is 0.500. The Kier molecular flexibility index (Phi) is 3.58. The maximum absolute atomic E-state index is 11.1. The molecule has 6 heteroatoms. The molecule has 0 amide bonds. The highest BCUT2D eigenvalue weighted by Crippen LogP contribution is 2.49. The van der Waals surface area contributed by atoms with E-state index >= 15 is 0 Å². The third-order valence-corrected chi connectivity index (χ3v) is 4.40. The van der Waals surface area contributed by atoms with Gasteiger partial charge in [0.1, 0.15) is 0 Å². The molecule has 20 heavy (non-hydrogen) atoms. The van der Waals surface area contributed by atoms with Gasteiger partial charge in [0.15, 0.2) is 17.8 Å². The molecule has 1 saturated heterocycles. The monoisotopic (exact) mass is 296 g/mol. The molecule has 2 N–H and O–H groups in total. The molecule has 0 saturated carbocycles. The minimum Gasteiger partial charge on any atom is -0.453 e. The second-order valence-electron chi connectivity index (χ2n) is 5.34. The second kappa shape index (κ2) is 5.24. The van der Waals surface area contributed by atoms with E-state index < -0.39 is 0 Å². The van der Waals surface area contributed by atoms with Crippen LogP contribution < -0.4 is 15.2 Å². The summed E-state index contributed by atoms with van der Waals surface area (Å²) in [6.07, 6.45) is 1.67. The molecule has 1 aromatic rings. The molecule has 1 fully saturated rings. The summed E-state index contributed by atoms with van der Waals surface area (Å²) in [7, 11) is 2.05. The number of nitrogens with two attached hydrogens (primary N) is 1. The average molecular weight is 297 g/mol.